The van der Waals surface area contributed by atoms with Gasteiger partial charge in [-0.3, -0.25) is 4.98 Å². The lowest BCUT2D eigenvalue weighted by Crippen LogP contribution is -2.43. The third-order valence-electron chi connectivity index (χ3n) is 4.87. The Morgan fingerprint density at radius 1 is 1.24 bits per heavy atom. The summed E-state index contributed by atoms with van der Waals surface area (Å²) >= 11 is 6.09. The molecule has 2 fully saturated rings. The highest BCUT2D eigenvalue weighted by Gasteiger charge is 2.39. The molecule has 21 heavy (non-hydrogen) atoms. The lowest BCUT2D eigenvalue weighted by atomic mass is 9.79. The van der Waals surface area contributed by atoms with Gasteiger partial charge >= 0.3 is 0 Å². The molecular weight excluding hydrogens is 284 g/mol. The smallest absolute Gasteiger partial charge is 0.0737 e. The Labute approximate surface area is 129 Å². The first-order valence-corrected chi connectivity index (χ1v) is 8.01. The van der Waals surface area contributed by atoms with E-state index in [1.54, 1.807) is 0 Å². The van der Waals surface area contributed by atoms with Crippen molar-refractivity contribution in [3.05, 3.63) is 35.5 Å². The molecule has 2 aliphatic rings. The van der Waals surface area contributed by atoms with Crippen molar-refractivity contribution in [3.8, 4) is 0 Å². The summed E-state index contributed by atoms with van der Waals surface area (Å²) in [4.78, 5) is 6.96. The molecule has 3 nitrogen and oxygen atoms in total. The van der Waals surface area contributed by atoms with Crippen LogP contribution in [0.4, 0.5) is 5.69 Å². The van der Waals surface area contributed by atoms with Gasteiger partial charge in [-0.15, -0.1) is 0 Å². The number of ether oxygens (including phenoxy) is 1. The highest BCUT2D eigenvalue weighted by molar-refractivity contribution is 6.31. The van der Waals surface area contributed by atoms with Crippen molar-refractivity contribution in [3.63, 3.8) is 0 Å². The van der Waals surface area contributed by atoms with E-state index in [9.17, 15) is 0 Å². The molecule has 0 N–H and O–H groups in total. The SMILES string of the molecule is Clc1ccc2c(N3CCCC4(CCOC4)C3)ccnc2c1. The Morgan fingerprint density at radius 3 is 3.05 bits per heavy atom. The average molecular weight is 303 g/mol. The van der Waals surface area contributed by atoms with Gasteiger partial charge in [-0.1, -0.05) is 11.6 Å². The van der Waals surface area contributed by atoms with Crippen LogP contribution in [0.2, 0.25) is 5.02 Å². The van der Waals surface area contributed by atoms with Gasteiger partial charge in [0.15, 0.2) is 0 Å². The molecule has 0 amide bonds. The maximum atomic E-state index is 6.09. The molecule has 4 rings (SSSR count). The fraction of sp³-hybridized carbons (Fsp3) is 0.471. The Morgan fingerprint density at radius 2 is 2.19 bits per heavy atom. The number of aromatic nitrogens is 1. The summed E-state index contributed by atoms with van der Waals surface area (Å²) in [5, 5.41) is 1.93. The monoisotopic (exact) mass is 302 g/mol. The van der Waals surface area contributed by atoms with Crippen molar-refractivity contribution >= 4 is 28.2 Å². The van der Waals surface area contributed by atoms with Gasteiger partial charge in [0.1, 0.15) is 0 Å². The minimum absolute atomic E-state index is 0.361. The molecule has 1 unspecified atom stereocenters. The molecule has 3 heterocycles. The quantitative estimate of drug-likeness (QED) is 0.799. The summed E-state index contributed by atoms with van der Waals surface area (Å²) in [6, 6.07) is 8.11. The third kappa shape index (κ3) is 2.39. The van der Waals surface area contributed by atoms with Crippen LogP contribution >= 0.6 is 11.6 Å². The van der Waals surface area contributed by atoms with E-state index in [1.165, 1.54) is 30.3 Å². The Hall–Kier alpha value is -1.32. The predicted molar refractivity (Wildman–Crippen MR) is 86.1 cm³/mol. The van der Waals surface area contributed by atoms with E-state index in [0.29, 0.717) is 5.41 Å². The zero-order valence-electron chi connectivity index (χ0n) is 12.0. The first-order valence-electron chi connectivity index (χ1n) is 7.63. The second kappa shape index (κ2) is 5.15. The van der Waals surface area contributed by atoms with E-state index in [0.717, 1.165) is 36.8 Å². The maximum Gasteiger partial charge on any atom is 0.0737 e. The number of benzene rings is 1. The van der Waals surface area contributed by atoms with Gasteiger partial charge in [-0.05, 0) is 43.5 Å². The van der Waals surface area contributed by atoms with Crippen LogP contribution in [0.5, 0.6) is 0 Å². The van der Waals surface area contributed by atoms with E-state index >= 15 is 0 Å². The number of hydrogen-bond acceptors (Lipinski definition) is 3. The van der Waals surface area contributed by atoms with Crippen LogP contribution in [-0.2, 0) is 4.74 Å². The molecule has 1 aromatic carbocycles. The number of hydrogen-bond donors (Lipinski definition) is 0. The fourth-order valence-electron chi connectivity index (χ4n) is 3.77. The van der Waals surface area contributed by atoms with Crippen molar-refractivity contribution in [2.24, 2.45) is 5.41 Å². The summed E-state index contributed by atoms with van der Waals surface area (Å²) in [5.41, 5.74) is 2.62. The second-order valence-corrected chi connectivity index (χ2v) is 6.76. The Kier molecular flexibility index (Phi) is 3.27. The molecule has 0 radical (unpaired) electrons. The minimum Gasteiger partial charge on any atom is -0.381 e. The van der Waals surface area contributed by atoms with Crippen molar-refractivity contribution in [1.82, 2.24) is 4.98 Å². The molecule has 0 saturated carbocycles. The number of anilines is 1. The summed E-state index contributed by atoms with van der Waals surface area (Å²) in [5.74, 6) is 0. The first kappa shape index (κ1) is 13.4. The topological polar surface area (TPSA) is 25.4 Å². The van der Waals surface area contributed by atoms with Crippen LogP contribution < -0.4 is 4.90 Å². The average Bonchev–Trinajstić information content (AvgIpc) is 2.94. The summed E-state index contributed by atoms with van der Waals surface area (Å²) in [6.07, 6.45) is 5.61. The number of rotatable bonds is 1. The van der Waals surface area contributed by atoms with Gasteiger partial charge in [0.25, 0.3) is 0 Å². The summed E-state index contributed by atoms with van der Waals surface area (Å²) in [6.45, 7) is 4.04. The van der Waals surface area contributed by atoms with Crippen molar-refractivity contribution in [2.75, 3.05) is 31.2 Å². The van der Waals surface area contributed by atoms with Gasteiger partial charge in [0.2, 0.25) is 0 Å². The fourth-order valence-corrected chi connectivity index (χ4v) is 3.93. The van der Waals surface area contributed by atoms with E-state index in [4.69, 9.17) is 16.3 Å². The standard InChI is InChI=1S/C17H19ClN2O/c18-13-2-3-14-15(10-13)19-7-4-16(14)20-8-1-5-17(11-20)6-9-21-12-17/h2-4,7,10H,1,5-6,8-9,11-12H2. The molecule has 0 bridgehead atoms. The van der Waals surface area contributed by atoms with E-state index in [2.05, 4.69) is 22.0 Å². The van der Waals surface area contributed by atoms with Crippen molar-refractivity contribution < 1.29 is 4.74 Å². The van der Waals surface area contributed by atoms with Crippen LogP contribution in [0, 0.1) is 5.41 Å². The number of piperidine rings is 1. The van der Waals surface area contributed by atoms with Crippen LogP contribution in [-0.4, -0.2) is 31.3 Å². The molecule has 2 aromatic rings. The zero-order chi connectivity index (χ0) is 14.3. The van der Waals surface area contributed by atoms with E-state index in [-0.39, 0.29) is 0 Å². The highest BCUT2D eigenvalue weighted by atomic mass is 35.5. The molecule has 110 valence electrons. The normalized spacial score (nSPS) is 25.9. The summed E-state index contributed by atoms with van der Waals surface area (Å²) in [7, 11) is 0. The van der Waals surface area contributed by atoms with Gasteiger partial charge in [-0.25, -0.2) is 0 Å². The highest BCUT2D eigenvalue weighted by Crippen LogP contribution is 2.40. The maximum absolute atomic E-state index is 6.09. The molecule has 4 heteroatoms. The third-order valence-corrected chi connectivity index (χ3v) is 5.10. The van der Waals surface area contributed by atoms with Crippen molar-refractivity contribution in [2.45, 2.75) is 19.3 Å². The number of fused-ring (bicyclic) bond motifs is 1. The molecule has 1 aromatic heterocycles. The van der Waals surface area contributed by atoms with Gasteiger partial charge in [-0.2, -0.15) is 0 Å². The molecule has 2 saturated heterocycles. The van der Waals surface area contributed by atoms with Crippen LogP contribution in [0.3, 0.4) is 0 Å². The lowest BCUT2D eigenvalue weighted by Gasteiger charge is -2.41. The van der Waals surface area contributed by atoms with Crippen LogP contribution in [0.25, 0.3) is 10.9 Å². The minimum atomic E-state index is 0.361. The Balaban J connectivity index is 1.72. The van der Waals surface area contributed by atoms with Crippen molar-refractivity contribution in [1.29, 1.82) is 0 Å². The largest absolute Gasteiger partial charge is 0.381 e. The lowest BCUT2D eigenvalue weighted by molar-refractivity contribution is 0.139. The summed E-state index contributed by atoms with van der Waals surface area (Å²) < 4.78 is 5.67. The van der Waals surface area contributed by atoms with E-state index < -0.39 is 0 Å². The molecule has 1 spiro atoms. The van der Waals surface area contributed by atoms with Crippen LogP contribution in [0.1, 0.15) is 19.3 Å². The molecule has 0 aliphatic carbocycles. The predicted octanol–water partition coefficient (Wildman–Crippen LogP) is 3.90. The Bertz CT molecular complexity index is 667. The number of halogens is 1. The number of pyridine rings is 1. The van der Waals surface area contributed by atoms with Gasteiger partial charge < -0.3 is 9.64 Å². The second-order valence-electron chi connectivity index (χ2n) is 6.32. The molecule has 2 aliphatic heterocycles. The first-order chi connectivity index (χ1) is 10.3. The van der Waals surface area contributed by atoms with Gasteiger partial charge in [0.05, 0.1) is 12.1 Å². The van der Waals surface area contributed by atoms with Crippen LogP contribution in [0.15, 0.2) is 30.5 Å². The zero-order valence-corrected chi connectivity index (χ0v) is 12.8. The van der Waals surface area contributed by atoms with E-state index in [1.807, 2.05) is 18.3 Å². The number of nitrogens with zero attached hydrogens (tertiary/aromatic N) is 2. The van der Waals surface area contributed by atoms with Gasteiger partial charge in [0, 0.05) is 47.4 Å². The molecular formula is C17H19ClN2O. The molecule has 1 atom stereocenters.